The first kappa shape index (κ1) is 28.6. The van der Waals surface area contributed by atoms with Crippen LogP contribution in [0.5, 0.6) is 0 Å². The summed E-state index contributed by atoms with van der Waals surface area (Å²) in [6.45, 7) is 17.1. The molecule has 1 aromatic carbocycles. The standard InChI is InChI=1S/C26H36Cl2N4O3Si/c1-24(2,3)26(22(34)29-7,15-35-36(8,9)25(4,5)6)32-14-17-11-10-16(12-18(17)21(32)33)20-19(27)13-30-23(28)31-20/h10-13H,14-15H2,1-9H3,(H,29,34). The van der Waals surface area contributed by atoms with E-state index in [0.717, 1.165) is 5.56 Å². The van der Waals surface area contributed by atoms with Crippen LogP contribution in [-0.4, -0.2) is 54.2 Å². The highest BCUT2D eigenvalue weighted by atomic mass is 35.5. The molecule has 2 amide bonds. The van der Waals surface area contributed by atoms with Crippen LogP contribution >= 0.6 is 23.2 Å². The van der Waals surface area contributed by atoms with Crippen molar-refractivity contribution in [2.24, 2.45) is 5.41 Å². The first-order valence-corrected chi connectivity index (χ1v) is 15.6. The Morgan fingerprint density at radius 2 is 1.81 bits per heavy atom. The normalized spacial score (nSPS) is 16.1. The second-order valence-electron chi connectivity index (χ2n) is 11.8. The van der Waals surface area contributed by atoms with Gasteiger partial charge in [0.15, 0.2) is 8.32 Å². The summed E-state index contributed by atoms with van der Waals surface area (Å²) in [5.41, 5.74) is 0.563. The van der Waals surface area contributed by atoms with Crippen molar-refractivity contribution in [3.63, 3.8) is 0 Å². The van der Waals surface area contributed by atoms with Crippen LogP contribution in [0.2, 0.25) is 28.4 Å². The number of likely N-dealkylation sites (N-methyl/N-ethyl adjacent to an activating group) is 1. The van der Waals surface area contributed by atoms with Crippen LogP contribution in [0.3, 0.4) is 0 Å². The Labute approximate surface area is 225 Å². The quantitative estimate of drug-likeness (QED) is 0.354. The molecule has 3 rings (SSSR count). The van der Waals surface area contributed by atoms with E-state index < -0.39 is 19.3 Å². The lowest BCUT2D eigenvalue weighted by atomic mass is 9.72. The molecule has 2 aromatic rings. The van der Waals surface area contributed by atoms with Gasteiger partial charge >= 0.3 is 0 Å². The fourth-order valence-corrected chi connectivity index (χ4v) is 5.58. The number of carbonyl (C=O) groups excluding carboxylic acids is 2. The Bertz CT molecular complexity index is 1190. The van der Waals surface area contributed by atoms with Crippen molar-refractivity contribution in [1.82, 2.24) is 20.2 Å². The van der Waals surface area contributed by atoms with Gasteiger partial charge in [0.2, 0.25) is 11.2 Å². The van der Waals surface area contributed by atoms with Gasteiger partial charge in [-0.25, -0.2) is 9.97 Å². The van der Waals surface area contributed by atoms with E-state index in [9.17, 15) is 9.59 Å². The molecule has 7 nitrogen and oxygen atoms in total. The van der Waals surface area contributed by atoms with Crippen LogP contribution in [-0.2, 0) is 15.8 Å². The summed E-state index contributed by atoms with van der Waals surface area (Å²) in [4.78, 5) is 37.5. The van der Waals surface area contributed by atoms with E-state index in [2.05, 4.69) is 49.1 Å². The molecule has 0 saturated heterocycles. The zero-order chi connectivity index (χ0) is 27.3. The summed E-state index contributed by atoms with van der Waals surface area (Å²) in [7, 11) is -0.630. The highest BCUT2D eigenvalue weighted by molar-refractivity contribution is 6.74. The number of nitrogens with one attached hydrogen (secondary N) is 1. The number of carbonyl (C=O) groups is 2. The molecular weight excluding hydrogens is 515 g/mol. The summed E-state index contributed by atoms with van der Waals surface area (Å²) in [5, 5.41) is 3.16. The molecule has 0 bridgehead atoms. The highest BCUT2D eigenvalue weighted by Gasteiger charge is 2.57. The summed E-state index contributed by atoms with van der Waals surface area (Å²) in [6.07, 6.45) is 1.43. The molecule has 0 spiro atoms. The largest absolute Gasteiger partial charge is 0.414 e. The minimum absolute atomic E-state index is 0.0513. The maximum atomic E-state index is 14.0. The van der Waals surface area contributed by atoms with Gasteiger partial charge in [-0.05, 0) is 46.8 Å². The minimum atomic E-state index is -2.23. The van der Waals surface area contributed by atoms with Crippen LogP contribution < -0.4 is 5.32 Å². The number of hydrogen-bond acceptors (Lipinski definition) is 5. The van der Waals surface area contributed by atoms with Crippen molar-refractivity contribution in [3.8, 4) is 11.3 Å². The molecule has 196 valence electrons. The average Bonchev–Trinajstić information content (AvgIpc) is 3.10. The summed E-state index contributed by atoms with van der Waals surface area (Å²) in [5.74, 6) is -0.485. The van der Waals surface area contributed by atoms with Crippen LogP contribution in [0.15, 0.2) is 24.4 Å². The third-order valence-electron chi connectivity index (χ3n) is 7.65. The number of fused-ring (bicyclic) bond motifs is 1. The second-order valence-corrected chi connectivity index (χ2v) is 17.4. The van der Waals surface area contributed by atoms with E-state index in [1.54, 1.807) is 18.0 Å². The Hall–Kier alpha value is -2.00. The molecule has 1 aliphatic heterocycles. The van der Waals surface area contributed by atoms with Crippen molar-refractivity contribution < 1.29 is 14.0 Å². The Balaban J connectivity index is 2.10. The molecule has 0 radical (unpaired) electrons. The lowest BCUT2D eigenvalue weighted by Crippen LogP contribution is -2.69. The first-order valence-electron chi connectivity index (χ1n) is 12.0. The summed E-state index contributed by atoms with van der Waals surface area (Å²) in [6, 6.07) is 5.49. The average molecular weight is 552 g/mol. The Morgan fingerprint density at radius 1 is 1.17 bits per heavy atom. The van der Waals surface area contributed by atoms with Crippen LogP contribution in [0.1, 0.15) is 57.5 Å². The van der Waals surface area contributed by atoms with Crippen molar-refractivity contribution in [2.45, 2.75) is 71.8 Å². The molecule has 1 aromatic heterocycles. The van der Waals surface area contributed by atoms with E-state index >= 15 is 0 Å². The van der Waals surface area contributed by atoms with E-state index in [1.807, 2.05) is 32.9 Å². The monoisotopic (exact) mass is 550 g/mol. The molecule has 36 heavy (non-hydrogen) atoms. The Morgan fingerprint density at radius 3 is 2.36 bits per heavy atom. The van der Waals surface area contributed by atoms with Crippen LogP contribution in [0.4, 0.5) is 0 Å². The van der Waals surface area contributed by atoms with Gasteiger partial charge in [0.05, 0.1) is 23.5 Å². The molecule has 0 fully saturated rings. The van der Waals surface area contributed by atoms with E-state index in [-0.39, 0.29) is 35.3 Å². The van der Waals surface area contributed by atoms with E-state index in [1.165, 1.54) is 6.20 Å². The fraction of sp³-hybridized carbons (Fsp3) is 0.538. The topological polar surface area (TPSA) is 84.4 Å². The van der Waals surface area contributed by atoms with Crippen molar-refractivity contribution >= 4 is 43.3 Å². The van der Waals surface area contributed by atoms with E-state index in [0.29, 0.717) is 21.8 Å². The molecule has 1 unspecified atom stereocenters. The van der Waals surface area contributed by atoms with E-state index in [4.69, 9.17) is 27.6 Å². The number of aromatic nitrogens is 2. The highest BCUT2D eigenvalue weighted by Crippen LogP contribution is 2.44. The fourth-order valence-electron chi connectivity index (χ4n) is 4.24. The van der Waals surface area contributed by atoms with Gasteiger partial charge in [-0.3, -0.25) is 9.59 Å². The van der Waals surface area contributed by atoms with Gasteiger partial charge in [0.25, 0.3) is 5.91 Å². The van der Waals surface area contributed by atoms with Gasteiger partial charge in [-0.2, -0.15) is 0 Å². The number of amides is 2. The first-order chi connectivity index (χ1) is 16.5. The van der Waals surface area contributed by atoms with Crippen molar-refractivity contribution in [3.05, 3.63) is 45.8 Å². The molecule has 1 N–H and O–H groups in total. The van der Waals surface area contributed by atoms with Crippen LogP contribution in [0.25, 0.3) is 11.3 Å². The third-order valence-corrected chi connectivity index (χ3v) is 12.6. The zero-order valence-electron chi connectivity index (χ0n) is 22.5. The summed E-state index contributed by atoms with van der Waals surface area (Å²) >= 11 is 12.3. The van der Waals surface area contributed by atoms with Crippen molar-refractivity contribution in [1.29, 1.82) is 0 Å². The van der Waals surface area contributed by atoms with Gasteiger partial charge < -0.3 is 14.6 Å². The van der Waals surface area contributed by atoms with Gasteiger partial charge in [-0.15, -0.1) is 0 Å². The number of hydrogen-bond donors (Lipinski definition) is 1. The summed E-state index contributed by atoms with van der Waals surface area (Å²) < 4.78 is 6.63. The van der Waals surface area contributed by atoms with Gasteiger partial charge in [0, 0.05) is 24.7 Å². The van der Waals surface area contributed by atoms with Crippen molar-refractivity contribution in [2.75, 3.05) is 13.7 Å². The second kappa shape index (κ2) is 9.71. The molecule has 10 heteroatoms. The minimum Gasteiger partial charge on any atom is -0.414 e. The third kappa shape index (κ3) is 4.93. The number of rotatable bonds is 6. The number of halogens is 2. The SMILES string of the molecule is CNC(=O)C(CO[Si](C)(C)C(C)(C)C)(N1Cc2ccc(-c3nc(Cl)ncc3Cl)cc2C1=O)C(C)(C)C. The molecule has 0 saturated carbocycles. The lowest BCUT2D eigenvalue weighted by molar-refractivity contribution is -0.142. The van der Waals surface area contributed by atoms with Gasteiger partial charge in [-0.1, -0.05) is 65.3 Å². The molecule has 2 heterocycles. The lowest BCUT2D eigenvalue weighted by Gasteiger charge is -2.50. The number of nitrogens with zero attached hydrogens (tertiary/aromatic N) is 3. The smallest absolute Gasteiger partial charge is 0.255 e. The number of benzene rings is 1. The Kier molecular flexibility index (Phi) is 7.70. The maximum Gasteiger partial charge on any atom is 0.255 e. The molecular formula is C26H36Cl2N4O3Si. The zero-order valence-corrected chi connectivity index (χ0v) is 25.1. The molecule has 1 atom stereocenters. The molecule has 0 aliphatic carbocycles. The molecule has 1 aliphatic rings. The van der Waals surface area contributed by atoms with Gasteiger partial charge in [0.1, 0.15) is 5.54 Å². The maximum absolute atomic E-state index is 14.0. The predicted molar refractivity (Wildman–Crippen MR) is 147 cm³/mol. The van der Waals surface area contributed by atoms with Crippen LogP contribution in [0, 0.1) is 5.41 Å². The predicted octanol–water partition coefficient (Wildman–Crippen LogP) is 5.96.